The topological polar surface area (TPSA) is 81.7 Å². The van der Waals surface area contributed by atoms with Crippen molar-refractivity contribution in [3.05, 3.63) is 71.6 Å². The number of hydrogen-bond acceptors (Lipinski definition) is 3. The second-order valence-electron chi connectivity index (χ2n) is 10.3. The summed E-state index contributed by atoms with van der Waals surface area (Å²) in [4.78, 5) is 27.6. The van der Waals surface area contributed by atoms with Gasteiger partial charge in [-0.2, -0.15) is 0 Å². The van der Waals surface area contributed by atoms with Gasteiger partial charge >= 0.3 is 6.03 Å². The molecule has 3 amide bonds. The summed E-state index contributed by atoms with van der Waals surface area (Å²) in [5.41, 5.74) is 2.96. The van der Waals surface area contributed by atoms with Crippen LogP contribution in [0.5, 0.6) is 0 Å². The average Bonchev–Trinajstić information content (AvgIpc) is 3.35. The van der Waals surface area contributed by atoms with Crippen LogP contribution in [-0.2, 0) is 4.79 Å². The Balaban J connectivity index is 1.29. The predicted molar refractivity (Wildman–Crippen MR) is 140 cm³/mol. The highest BCUT2D eigenvalue weighted by atomic mass is 19.1. The molecule has 7 heteroatoms. The first-order chi connectivity index (χ1) is 17.2. The van der Waals surface area contributed by atoms with E-state index in [2.05, 4.69) is 17.2 Å². The third kappa shape index (κ3) is 5.89. The van der Waals surface area contributed by atoms with Gasteiger partial charge in [0.05, 0.1) is 0 Å². The number of urea groups is 1. The van der Waals surface area contributed by atoms with Crippen molar-refractivity contribution >= 4 is 23.4 Å². The first-order valence-corrected chi connectivity index (χ1v) is 12.9. The van der Waals surface area contributed by atoms with Crippen LogP contribution < -0.4 is 10.6 Å². The first-order valence-electron chi connectivity index (χ1n) is 12.9. The Morgan fingerprint density at radius 3 is 2.36 bits per heavy atom. The lowest BCUT2D eigenvalue weighted by atomic mass is 9.81. The second kappa shape index (κ2) is 11.1. The van der Waals surface area contributed by atoms with Gasteiger partial charge in [-0.3, -0.25) is 4.79 Å². The van der Waals surface area contributed by atoms with Crippen molar-refractivity contribution in [2.45, 2.75) is 76.3 Å². The minimum atomic E-state index is -0.512. The zero-order valence-electron chi connectivity index (χ0n) is 21.1. The summed E-state index contributed by atoms with van der Waals surface area (Å²) in [6.45, 7) is 7.90. The van der Waals surface area contributed by atoms with Crippen molar-refractivity contribution in [3.8, 4) is 0 Å². The van der Waals surface area contributed by atoms with E-state index >= 15 is 0 Å². The number of nitrogens with one attached hydrogen (secondary N) is 2. The molecule has 0 aromatic heterocycles. The summed E-state index contributed by atoms with van der Waals surface area (Å²) in [5, 5.41) is 15.5. The lowest BCUT2D eigenvalue weighted by Gasteiger charge is -2.31. The average molecular weight is 494 g/mol. The van der Waals surface area contributed by atoms with Crippen LogP contribution in [0.2, 0.25) is 0 Å². The molecule has 2 aliphatic rings. The van der Waals surface area contributed by atoms with Gasteiger partial charge in [0, 0.05) is 23.8 Å². The molecule has 1 saturated carbocycles. The summed E-state index contributed by atoms with van der Waals surface area (Å²) in [7, 11) is 0. The Labute approximate surface area is 212 Å². The largest absolute Gasteiger partial charge is 0.508 e. The Hall–Kier alpha value is -3.35. The SMILES string of the molecule is C=C(O)c1ccc(C2CCC(NC(=O)[C@H]3CCCN3C(=O)Nc3ccc(C(C)C)c(F)c3)CC2)cc1. The highest BCUT2D eigenvalue weighted by molar-refractivity contribution is 5.94. The Morgan fingerprint density at radius 1 is 1.06 bits per heavy atom. The van der Waals surface area contributed by atoms with E-state index in [1.165, 1.54) is 11.6 Å². The van der Waals surface area contributed by atoms with Crippen molar-refractivity contribution in [1.82, 2.24) is 10.2 Å². The quantitative estimate of drug-likeness (QED) is 0.412. The highest BCUT2D eigenvalue weighted by Crippen LogP contribution is 2.33. The number of carbonyl (C=O) groups is 2. The molecule has 0 spiro atoms. The Kier molecular flexibility index (Phi) is 7.97. The normalized spacial score (nSPS) is 21.9. The van der Waals surface area contributed by atoms with Gasteiger partial charge in [0.2, 0.25) is 5.91 Å². The van der Waals surface area contributed by atoms with Crippen LogP contribution in [-0.4, -0.2) is 40.6 Å². The van der Waals surface area contributed by atoms with E-state index in [0.29, 0.717) is 30.1 Å². The third-order valence-electron chi connectivity index (χ3n) is 7.48. The maximum absolute atomic E-state index is 14.3. The van der Waals surface area contributed by atoms with Crippen molar-refractivity contribution in [2.75, 3.05) is 11.9 Å². The van der Waals surface area contributed by atoms with Gasteiger partial charge in [0.25, 0.3) is 0 Å². The highest BCUT2D eigenvalue weighted by Gasteiger charge is 2.35. The molecule has 1 aliphatic heterocycles. The fraction of sp³-hybridized carbons (Fsp3) is 0.448. The van der Waals surface area contributed by atoms with Crippen molar-refractivity contribution in [1.29, 1.82) is 0 Å². The first kappa shape index (κ1) is 25.7. The molecular formula is C29H36FN3O3. The third-order valence-corrected chi connectivity index (χ3v) is 7.48. The van der Waals surface area contributed by atoms with E-state index in [0.717, 1.165) is 37.7 Å². The minimum Gasteiger partial charge on any atom is -0.508 e. The number of likely N-dealkylation sites (tertiary alicyclic amines) is 1. The maximum atomic E-state index is 14.3. The lowest BCUT2D eigenvalue weighted by molar-refractivity contribution is -0.125. The lowest BCUT2D eigenvalue weighted by Crippen LogP contribution is -2.50. The molecule has 192 valence electrons. The van der Waals surface area contributed by atoms with Crippen molar-refractivity contribution in [3.63, 3.8) is 0 Å². The van der Waals surface area contributed by atoms with E-state index in [-0.39, 0.29) is 35.5 Å². The smallest absolute Gasteiger partial charge is 0.322 e. The number of halogens is 1. The van der Waals surface area contributed by atoms with Crippen LogP contribution in [0.1, 0.15) is 80.9 Å². The van der Waals surface area contributed by atoms with E-state index < -0.39 is 6.04 Å². The molecule has 6 nitrogen and oxygen atoms in total. The second-order valence-corrected chi connectivity index (χ2v) is 10.3. The zero-order chi connectivity index (χ0) is 25.8. The molecule has 0 radical (unpaired) electrons. The van der Waals surface area contributed by atoms with Crippen molar-refractivity contribution in [2.24, 2.45) is 0 Å². The van der Waals surface area contributed by atoms with E-state index in [1.807, 2.05) is 38.1 Å². The molecule has 0 bridgehead atoms. The van der Waals surface area contributed by atoms with E-state index in [9.17, 15) is 19.1 Å². The summed E-state index contributed by atoms with van der Waals surface area (Å²) >= 11 is 0. The molecule has 3 N–H and O–H groups in total. The van der Waals surface area contributed by atoms with Crippen LogP contribution in [0.3, 0.4) is 0 Å². The van der Waals surface area contributed by atoms with Crippen molar-refractivity contribution < 1.29 is 19.1 Å². The predicted octanol–water partition coefficient (Wildman–Crippen LogP) is 6.32. The number of anilines is 1. The Bertz CT molecular complexity index is 1110. The van der Waals surface area contributed by atoms with Gasteiger partial charge < -0.3 is 20.6 Å². The summed E-state index contributed by atoms with van der Waals surface area (Å²) in [5.74, 6) is 0.0973. The molecule has 2 aromatic carbocycles. The van der Waals surface area contributed by atoms with Gasteiger partial charge in [-0.25, -0.2) is 9.18 Å². The fourth-order valence-corrected chi connectivity index (χ4v) is 5.37. The number of carbonyl (C=O) groups excluding carboxylic acids is 2. The van der Waals surface area contributed by atoms with Crippen LogP contribution in [0.25, 0.3) is 5.76 Å². The standard InChI is InChI=1S/C29H36FN3O3/c1-18(2)25-15-14-24(17-26(25)30)32-29(36)33-16-4-5-27(33)28(35)31-23-12-10-22(11-13-23)21-8-6-20(7-9-21)19(3)34/h6-9,14-15,17-18,22-23,27,34H,3-5,10-13,16H2,1-2H3,(H,31,35)(H,32,36)/t22?,23?,27-/m1/s1. The molecule has 2 aromatic rings. The number of aliphatic hydroxyl groups is 1. The number of aliphatic hydroxyl groups excluding tert-OH is 1. The van der Waals surface area contributed by atoms with Crippen LogP contribution in [0.15, 0.2) is 49.0 Å². The number of hydrogen-bond donors (Lipinski definition) is 3. The number of benzene rings is 2. The Morgan fingerprint density at radius 2 is 1.75 bits per heavy atom. The molecule has 36 heavy (non-hydrogen) atoms. The zero-order valence-corrected chi connectivity index (χ0v) is 21.1. The maximum Gasteiger partial charge on any atom is 0.322 e. The summed E-state index contributed by atoms with van der Waals surface area (Å²) in [6.07, 6.45) is 5.08. The van der Waals surface area contributed by atoms with Gasteiger partial charge in [-0.15, -0.1) is 0 Å². The monoisotopic (exact) mass is 493 g/mol. The molecule has 1 saturated heterocycles. The molecule has 1 atom stereocenters. The van der Waals surface area contributed by atoms with Crippen LogP contribution in [0, 0.1) is 5.82 Å². The number of amides is 3. The van der Waals surface area contributed by atoms with Crippen LogP contribution in [0.4, 0.5) is 14.9 Å². The number of rotatable bonds is 6. The van der Waals surface area contributed by atoms with E-state index in [4.69, 9.17) is 0 Å². The van der Waals surface area contributed by atoms with Crippen LogP contribution >= 0.6 is 0 Å². The molecule has 2 fully saturated rings. The summed E-state index contributed by atoms with van der Waals surface area (Å²) in [6, 6.07) is 11.8. The minimum absolute atomic E-state index is 0.0590. The van der Waals surface area contributed by atoms with E-state index in [1.54, 1.807) is 17.0 Å². The van der Waals surface area contributed by atoms with Gasteiger partial charge in [-0.1, -0.05) is 50.8 Å². The molecule has 1 heterocycles. The molecular weight excluding hydrogens is 457 g/mol. The van der Waals surface area contributed by atoms with Gasteiger partial charge in [0.15, 0.2) is 0 Å². The number of nitrogens with zero attached hydrogens (tertiary/aromatic N) is 1. The fourth-order valence-electron chi connectivity index (χ4n) is 5.37. The summed E-state index contributed by atoms with van der Waals surface area (Å²) < 4.78 is 14.3. The molecule has 4 rings (SSSR count). The molecule has 1 aliphatic carbocycles. The molecule has 0 unspecified atom stereocenters. The van der Waals surface area contributed by atoms with Gasteiger partial charge in [0.1, 0.15) is 17.6 Å². The van der Waals surface area contributed by atoms with Gasteiger partial charge in [-0.05, 0) is 73.6 Å².